The molecule has 10 heavy (non-hydrogen) atoms. The summed E-state index contributed by atoms with van der Waals surface area (Å²) in [5.41, 5.74) is -0.0885. The third-order valence-corrected chi connectivity index (χ3v) is 2.02. The topological polar surface area (TPSA) is 24.4 Å². The van der Waals surface area contributed by atoms with Crippen LogP contribution in [0.15, 0.2) is 17.3 Å². The highest BCUT2D eigenvalue weighted by Crippen LogP contribution is 2.18. The number of nitrogens with one attached hydrogen (secondary N) is 1. The molecule has 1 aliphatic heterocycles. The van der Waals surface area contributed by atoms with E-state index in [1.54, 1.807) is 0 Å². The Morgan fingerprint density at radius 2 is 2.20 bits per heavy atom. The van der Waals surface area contributed by atoms with Crippen molar-refractivity contribution in [2.24, 2.45) is 10.9 Å². The lowest BCUT2D eigenvalue weighted by Gasteiger charge is -2.31. The second-order valence-electron chi connectivity index (χ2n) is 3.08. The van der Waals surface area contributed by atoms with Crippen LogP contribution >= 0.6 is 0 Å². The van der Waals surface area contributed by atoms with E-state index in [1.807, 2.05) is 18.5 Å². The monoisotopic (exact) mass is 138 g/mol. The van der Waals surface area contributed by atoms with Gasteiger partial charge < -0.3 is 5.32 Å². The van der Waals surface area contributed by atoms with E-state index in [0.29, 0.717) is 5.92 Å². The molecule has 0 amide bonds. The molecule has 0 aromatic rings. The summed E-state index contributed by atoms with van der Waals surface area (Å²) in [5.74, 6) is 0.522. The van der Waals surface area contributed by atoms with Crippen LogP contribution in [0.1, 0.15) is 20.8 Å². The third kappa shape index (κ3) is 1.20. The average molecular weight is 138 g/mol. The zero-order valence-electron chi connectivity index (χ0n) is 6.76. The standard InChI is InChI=1S/C8H14N2/c1-7(2)8(3)9-5-4-6-10-8/h4-7,9H,1-3H3/t8-/m0/s1. The van der Waals surface area contributed by atoms with Crippen molar-refractivity contribution in [2.75, 3.05) is 0 Å². The van der Waals surface area contributed by atoms with Crippen molar-refractivity contribution in [1.29, 1.82) is 0 Å². The van der Waals surface area contributed by atoms with Gasteiger partial charge >= 0.3 is 0 Å². The van der Waals surface area contributed by atoms with Gasteiger partial charge in [-0.1, -0.05) is 13.8 Å². The summed E-state index contributed by atoms with van der Waals surface area (Å²) in [7, 11) is 0. The maximum absolute atomic E-state index is 4.34. The fourth-order valence-electron chi connectivity index (χ4n) is 0.811. The molecule has 0 fully saturated rings. The summed E-state index contributed by atoms with van der Waals surface area (Å²) in [6, 6.07) is 0. The second kappa shape index (κ2) is 2.45. The van der Waals surface area contributed by atoms with Crippen molar-refractivity contribution in [3.8, 4) is 0 Å². The molecule has 2 heteroatoms. The van der Waals surface area contributed by atoms with Crippen molar-refractivity contribution < 1.29 is 0 Å². The van der Waals surface area contributed by atoms with E-state index in [0.717, 1.165) is 0 Å². The minimum atomic E-state index is -0.0885. The Morgan fingerprint density at radius 3 is 2.50 bits per heavy atom. The number of rotatable bonds is 1. The van der Waals surface area contributed by atoms with Crippen LogP contribution in [0.5, 0.6) is 0 Å². The quantitative estimate of drug-likeness (QED) is 0.584. The van der Waals surface area contributed by atoms with Crippen LogP contribution in [0, 0.1) is 5.92 Å². The lowest BCUT2D eigenvalue weighted by atomic mass is 9.98. The fourth-order valence-corrected chi connectivity index (χ4v) is 0.811. The first-order chi connectivity index (χ1) is 4.65. The SMILES string of the molecule is CC(C)[C@]1(C)N=CC=CN1. The molecule has 0 saturated heterocycles. The van der Waals surface area contributed by atoms with Crippen molar-refractivity contribution in [2.45, 2.75) is 26.4 Å². The van der Waals surface area contributed by atoms with Crippen LogP contribution in [0.3, 0.4) is 0 Å². The highest BCUT2D eigenvalue weighted by Gasteiger charge is 2.25. The van der Waals surface area contributed by atoms with Gasteiger partial charge in [0.25, 0.3) is 0 Å². The summed E-state index contributed by atoms with van der Waals surface area (Å²) in [6.07, 6.45) is 5.69. The van der Waals surface area contributed by atoms with Gasteiger partial charge in [-0.25, -0.2) is 0 Å². The van der Waals surface area contributed by atoms with Crippen molar-refractivity contribution in [3.05, 3.63) is 12.3 Å². The van der Waals surface area contributed by atoms with Crippen LogP contribution in [0.2, 0.25) is 0 Å². The normalized spacial score (nSPS) is 30.8. The van der Waals surface area contributed by atoms with Crippen LogP contribution in [-0.2, 0) is 0 Å². The maximum atomic E-state index is 4.34. The summed E-state index contributed by atoms with van der Waals surface area (Å²) in [6.45, 7) is 6.41. The predicted molar refractivity (Wildman–Crippen MR) is 44.0 cm³/mol. The van der Waals surface area contributed by atoms with E-state index in [-0.39, 0.29) is 5.66 Å². The molecule has 0 aliphatic carbocycles. The molecule has 0 aromatic carbocycles. The maximum Gasteiger partial charge on any atom is 0.128 e. The molecule has 1 heterocycles. The van der Waals surface area contributed by atoms with E-state index < -0.39 is 0 Å². The third-order valence-electron chi connectivity index (χ3n) is 2.02. The van der Waals surface area contributed by atoms with Crippen LogP contribution in [0.25, 0.3) is 0 Å². The Hall–Kier alpha value is -0.790. The molecule has 0 spiro atoms. The second-order valence-corrected chi connectivity index (χ2v) is 3.08. The summed E-state index contributed by atoms with van der Waals surface area (Å²) in [5, 5.41) is 3.22. The minimum Gasteiger partial charge on any atom is -0.367 e. The Labute approximate surface area is 62.0 Å². The number of hydrogen-bond acceptors (Lipinski definition) is 2. The molecule has 0 saturated carbocycles. The molecule has 1 N–H and O–H groups in total. The largest absolute Gasteiger partial charge is 0.367 e. The van der Waals surface area contributed by atoms with Gasteiger partial charge in [-0.15, -0.1) is 0 Å². The Bertz CT molecular complexity index is 170. The van der Waals surface area contributed by atoms with Gasteiger partial charge in [0.15, 0.2) is 0 Å². The minimum absolute atomic E-state index is 0.0885. The van der Waals surface area contributed by atoms with Gasteiger partial charge in [-0.3, -0.25) is 4.99 Å². The molecule has 0 unspecified atom stereocenters. The molecular formula is C8H14N2. The van der Waals surface area contributed by atoms with E-state index in [4.69, 9.17) is 0 Å². The molecule has 2 nitrogen and oxygen atoms in total. The average Bonchev–Trinajstić information content (AvgIpc) is 1.89. The number of hydrogen-bond donors (Lipinski definition) is 1. The van der Waals surface area contributed by atoms with Gasteiger partial charge in [0, 0.05) is 6.21 Å². The number of nitrogens with zero attached hydrogens (tertiary/aromatic N) is 1. The fraction of sp³-hybridized carbons (Fsp3) is 0.625. The van der Waals surface area contributed by atoms with Gasteiger partial charge in [0.1, 0.15) is 5.66 Å². The summed E-state index contributed by atoms with van der Waals surface area (Å²) >= 11 is 0. The smallest absolute Gasteiger partial charge is 0.128 e. The van der Waals surface area contributed by atoms with E-state index in [2.05, 4.69) is 31.1 Å². The molecule has 1 rings (SSSR count). The van der Waals surface area contributed by atoms with E-state index >= 15 is 0 Å². The highest BCUT2D eigenvalue weighted by atomic mass is 15.1. The molecule has 1 atom stereocenters. The van der Waals surface area contributed by atoms with Crippen molar-refractivity contribution in [3.63, 3.8) is 0 Å². The molecule has 0 aromatic heterocycles. The Kier molecular flexibility index (Phi) is 1.79. The molecule has 56 valence electrons. The van der Waals surface area contributed by atoms with Gasteiger partial charge in [-0.2, -0.15) is 0 Å². The predicted octanol–water partition coefficient (Wildman–Crippen LogP) is 1.55. The van der Waals surface area contributed by atoms with Gasteiger partial charge in [0.05, 0.1) is 0 Å². The summed E-state index contributed by atoms with van der Waals surface area (Å²) in [4.78, 5) is 4.34. The lowest BCUT2D eigenvalue weighted by molar-refractivity contribution is 0.305. The first kappa shape index (κ1) is 7.32. The highest BCUT2D eigenvalue weighted by molar-refractivity contribution is 5.72. The van der Waals surface area contributed by atoms with Crippen LogP contribution in [0.4, 0.5) is 0 Å². The van der Waals surface area contributed by atoms with Gasteiger partial charge in [0.2, 0.25) is 0 Å². The van der Waals surface area contributed by atoms with E-state index in [1.165, 1.54) is 0 Å². The zero-order chi connectivity index (χ0) is 7.61. The number of aliphatic imine (C=N–C) groups is 1. The zero-order valence-corrected chi connectivity index (χ0v) is 6.76. The van der Waals surface area contributed by atoms with Gasteiger partial charge in [-0.05, 0) is 25.1 Å². The molecule has 0 radical (unpaired) electrons. The van der Waals surface area contributed by atoms with Crippen LogP contribution < -0.4 is 5.32 Å². The molecule has 0 bridgehead atoms. The first-order valence-electron chi connectivity index (χ1n) is 3.63. The Morgan fingerprint density at radius 1 is 1.50 bits per heavy atom. The van der Waals surface area contributed by atoms with Crippen molar-refractivity contribution in [1.82, 2.24) is 5.32 Å². The molecule has 1 aliphatic rings. The van der Waals surface area contributed by atoms with Crippen molar-refractivity contribution >= 4 is 6.21 Å². The lowest BCUT2D eigenvalue weighted by Crippen LogP contribution is -2.43. The summed E-state index contributed by atoms with van der Waals surface area (Å²) < 4.78 is 0. The first-order valence-corrected chi connectivity index (χ1v) is 3.63. The Balaban J connectivity index is 2.70. The number of allylic oxidation sites excluding steroid dienone is 1. The van der Waals surface area contributed by atoms with Crippen LogP contribution in [-0.4, -0.2) is 11.9 Å². The molecular weight excluding hydrogens is 124 g/mol. The van der Waals surface area contributed by atoms with E-state index in [9.17, 15) is 0 Å².